The average Bonchev–Trinajstić information content (AvgIpc) is 2.38. The van der Waals surface area contributed by atoms with Crippen molar-refractivity contribution in [2.24, 2.45) is 0 Å². The summed E-state index contributed by atoms with van der Waals surface area (Å²) in [5.41, 5.74) is 8.90. The number of carbonyl (C=O) groups is 1. The molecule has 0 saturated carbocycles. The molecule has 0 heterocycles. The molecule has 0 aliphatic heterocycles. The van der Waals surface area contributed by atoms with E-state index < -0.39 is 0 Å². The molecule has 0 unspecified atom stereocenters. The largest absolute Gasteiger partial charge is 0.399 e. The van der Waals surface area contributed by atoms with Crippen molar-refractivity contribution in [3.63, 3.8) is 0 Å². The summed E-state index contributed by atoms with van der Waals surface area (Å²) in [6, 6.07) is 13.8. The maximum atomic E-state index is 12.3. The molecule has 88 valence electrons. The number of carbonyl (C=O) groups excluding carboxylic acids is 1. The van der Waals surface area contributed by atoms with Gasteiger partial charge in [-0.25, -0.2) is 0 Å². The van der Waals surface area contributed by atoms with E-state index in [-0.39, 0.29) is 5.78 Å². The van der Waals surface area contributed by atoms with Crippen molar-refractivity contribution in [3.8, 4) is 6.07 Å². The summed E-state index contributed by atoms with van der Waals surface area (Å²) in [7, 11) is 0. The Morgan fingerprint density at radius 2 is 1.83 bits per heavy atom. The zero-order chi connectivity index (χ0) is 13.1. The van der Waals surface area contributed by atoms with E-state index in [0.717, 1.165) is 5.56 Å². The van der Waals surface area contributed by atoms with Gasteiger partial charge >= 0.3 is 0 Å². The molecule has 2 N–H and O–H groups in total. The number of nitrogen functional groups attached to an aromatic ring is 1. The average molecular weight is 236 g/mol. The number of benzene rings is 2. The van der Waals surface area contributed by atoms with Crippen LogP contribution in [0.3, 0.4) is 0 Å². The standard InChI is InChI=1S/C15H12N2O/c1-10-8-13(17)6-7-14(10)15(18)12-4-2-11(9-16)3-5-12/h2-8H,17H2,1H3. The molecule has 0 radical (unpaired) electrons. The van der Waals surface area contributed by atoms with Crippen LogP contribution in [-0.2, 0) is 0 Å². The van der Waals surface area contributed by atoms with Gasteiger partial charge in [-0.15, -0.1) is 0 Å². The predicted molar refractivity (Wildman–Crippen MR) is 70.2 cm³/mol. The second kappa shape index (κ2) is 4.72. The van der Waals surface area contributed by atoms with Gasteiger partial charge in [0, 0.05) is 16.8 Å². The van der Waals surface area contributed by atoms with Gasteiger partial charge in [0.05, 0.1) is 11.6 Å². The zero-order valence-corrected chi connectivity index (χ0v) is 9.97. The van der Waals surface area contributed by atoms with Crippen molar-refractivity contribution in [2.75, 3.05) is 5.73 Å². The van der Waals surface area contributed by atoms with Gasteiger partial charge in [0.25, 0.3) is 0 Å². The Labute approximate surface area is 105 Å². The molecule has 0 atom stereocenters. The van der Waals surface area contributed by atoms with Gasteiger partial charge in [0.15, 0.2) is 5.78 Å². The third-order valence-corrected chi connectivity index (χ3v) is 2.77. The van der Waals surface area contributed by atoms with Crippen molar-refractivity contribution in [1.82, 2.24) is 0 Å². The zero-order valence-electron chi connectivity index (χ0n) is 9.97. The SMILES string of the molecule is Cc1cc(N)ccc1C(=O)c1ccc(C#N)cc1. The molecule has 0 spiro atoms. The lowest BCUT2D eigenvalue weighted by Crippen LogP contribution is -2.04. The third-order valence-electron chi connectivity index (χ3n) is 2.77. The summed E-state index contributed by atoms with van der Waals surface area (Å²) < 4.78 is 0. The minimum absolute atomic E-state index is 0.0583. The highest BCUT2D eigenvalue weighted by Gasteiger charge is 2.11. The van der Waals surface area contributed by atoms with Gasteiger partial charge in [-0.2, -0.15) is 5.26 Å². The van der Waals surface area contributed by atoms with Crippen LogP contribution in [0.2, 0.25) is 0 Å². The summed E-state index contributed by atoms with van der Waals surface area (Å²) >= 11 is 0. The molecule has 2 aromatic carbocycles. The Balaban J connectivity index is 2.39. The number of nitrogens with zero attached hydrogens (tertiary/aromatic N) is 1. The van der Waals surface area contributed by atoms with Crippen molar-refractivity contribution < 1.29 is 4.79 Å². The number of rotatable bonds is 2. The number of nitriles is 1. The highest BCUT2D eigenvalue weighted by Crippen LogP contribution is 2.17. The van der Waals surface area contributed by atoms with Crippen molar-refractivity contribution in [1.29, 1.82) is 5.26 Å². The Bertz CT molecular complexity index is 637. The van der Waals surface area contributed by atoms with Crippen LogP contribution in [0.15, 0.2) is 42.5 Å². The van der Waals surface area contributed by atoms with Gasteiger partial charge in [0.1, 0.15) is 0 Å². The summed E-state index contributed by atoms with van der Waals surface area (Å²) in [5, 5.41) is 8.71. The minimum atomic E-state index is -0.0583. The quantitative estimate of drug-likeness (QED) is 0.644. The first-order valence-electron chi connectivity index (χ1n) is 5.53. The first-order chi connectivity index (χ1) is 8.61. The van der Waals surface area contributed by atoms with Crippen LogP contribution in [0.5, 0.6) is 0 Å². The number of hydrogen-bond donors (Lipinski definition) is 1. The molecule has 18 heavy (non-hydrogen) atoms. The Morgan fingerprint density at radius 1 is 1.17 bits per heavy atom. The summed E-state index contributed by atoms with van der Waals surface area (Å²) in [6.45, 7) is 1.85. The normalized spacial score (nSPS) is 9.78. The van der Waals surface area contributed by atoms with Gasteiger partial charge in [-0.1, -0.05) is 0 Å². The molecular weight excluding hydrogens is 224 g/mol. The fourth-order valence-corrected chi connectivity index (χ4v) is 1.79. The van der Waals surface area contributed by atoms with Crippen LogP contribution in [0.1, 0.15) is 27.0 Å². The molecule has 0 saturated heterocycles. The molecule has 2 rings (SSSR count). The highest BCUT2D eigenvalue weighted by atomic mass is 16.1. The summed E-state index contributed by atoms with van der Waals surface area (Å²) in [5.74, 6) is -0.0583. The number of anilines is 1. The monoisotopic (exact) mass is 236 g/mol. The van der Waals surface area contributed by atoms with Crippen molar-refractivity contribution >= 4 is 11.5 Å². The van der Waals surface area contributed by atoms with Gasteiger partial charge in [0.2, 0.25) is 0 Å². The Kier molecular flexibility index (Phi) is 3.11. The van der Waals surface area contributed by atoms with Gasteiger partial charge in [-0.3, -0.25) is 4.79 Å². The fourth-order valence-electron chi connectivity index (χ4n) is 1.79. The lowest BCUT2D eigenvalue weighted by molar-refractivity contribution is 0.103. The Hall–Kier alpha value is -2.60. The maximum Gasteiger partial charge on any atom is 0.193 e. The molecular formula is C15H12N2O. The number of nitrogens with two attached hydrogens (primary N) is 1. The molecule has 0 fully saturated rings. The van der Waals surface area contributed by atoms with E-state index in [4.69, 9.17) is 11.0 Å². The lowest BCUT2D eigenvalue weighted by atomic mass is 9.98. The second-order valence-corrected chi connectivity index (χ2v) is 4.09. The van der Waals surface area contributed by atoms with Crippen molar-refractivity contribution in [2.45, 2.75) is 6.92 Å². The molecule has 3 nitrogen and oxygen atoms in total. The van der Waals surface area contributed by atoms with Crippen LogP contribution in [0.25, 0.3) is 0 Å². The van der Waals surface area contributed by atoms with Crippen LogP contribution in [0, 0.1) is 18.3 Å². The Morgan fingerprint density at radius 3 is 2.39 bits per heavy atom. The molecule has 0 bridgehead atoms. The highest BCUT2D eigenvalue weighted by molar-refractivity contribution is 6.10. The van der Waals surface area contributed by atoms with E-state index in [0.29, 0.717) is 22.4 Å². The summed E-state index contributed by atoms with van der Waals surface area (Å²) in [6.07, 6.45) is 0. The van der Waals surface area contributed by atoms with E-state index in [1.165, 1.54) is 0 Å². The second-order valence-electron chi connectivity index (χ2n) is 4.09. The van der Waals surface area contributed by atoms with E-state index in [9.17, 15) is 4.79 Å². The summed E-state index contributed by atoms with van der Waals surface area (Å²) in [4.78, 5) is 12.3. The topological polar surface area (TPSA) is 66.9 Å². The van der Waals surface area contributed by atoms with Crippen LogP contribution in [-0.4, -0.2) is 5.78 Å². The van der Waals surface area contributed by atoms with Crippen LogP contribution in [0.4, 0.5) is 5.69 Å². The lowest BCUT2D eigenvalue weighted by Gasteiger charge is -2.06. The number of aryl methyl sites for hydroxylation is 1. The van der Waals surface area contributed by atoms with E-state index >= 15 is 0 Å². The first-order valence-corrected chi connectivity index (χ1v) is 5.53. The van der Waals surface area contributed by atoms with E-state index in [1.54, 1.807) is 42.5 Å². The maximum absolute atomic E-state index is 12.3. The van der Waals surface area contributed by atoms with Crippen molar-refractivity contribution in [3.05, 3.63) is 64.7 Å². The molecule has 3 heteroatoms. The van der Waals surface area contributed by atoms with E-state index in [2.05, 4.69) is 0 Å². The molecule has 2 aromatic rings. The fraction of sp³-hybridized carbons (Fsp3) is 0.0667. The third kappa shape index (κ3) is 2.23. The number of hydrogen-bond acceptors (Lipinski definition) is 3. The smallest absolute Gasteiger partial charge is 0.193 e. The minimum Gasteiger partial charge on any atom is -0.399 e. The molecule has 0 aromatic heterocycles. The predicted octanol–water partition coefficient (Wildman–Crippen LogP) is 2.68. The van der Waals surface area contributed by atoms with Gasteiger partial charge in [-0.05, 0) is 55.0 Å². The number of ketones is 1. The van der Waals surface area contributed by atoms with Gasteiger partial charge < -0.3 is 5.73 Å². The molecule has 0 aliphatic carbocycles. The first kappa shape index (κ1) is 11.9. The van der Waals surface area contributed by atoms with Crippen LogP contribution >= 0.6 is 0 Å². The van der Waals surface area contributed by atoms with E-state index in [1.807, 2.05) is 13.0 Å². The molecule has 0 aliphatic rings. The molecule has 0 amide bonds. The van der Waals surface area contributed by atoms with Crippen LogP contribution < -0.4 is 5.73 Å².